The molecule has 0 amide bonds. The minimum absolute atomic E-state index is 0.0684. The Balaban J connectivity index is 2.49. The summed E-state index contributed by atoms with van der Waals surface area (Å²) in [7, 11) is 0. The fourth-order valence-corrected chi connectivity index (χ4v) is 2.62. The molecule has 0 spiro atoms. The summed E-state index contributed by atoms with van der Waals surface area (Å²) in [5, 5.41) is 9.21. The lowest BCUT2D eigenvalue weighted by atomic mass is 10.1. The van der Waals surface area contributed by atoms with E-state index >= 15 is 0 Å². The van der Waals surface area contributed by atoms with Crippen LogP contribution in [0, 0.1) is 12.8 Å². The van der Waals surface area contributed by atoms with E-state index < -0.39 is 5.97 Å². The van der Waals surface area contributed by atoms with Gasteiger partial charge in [0, 0.05) is 4.47 Å². The molecule has 0 radical (unpaired) electrons. The van der Waals surface area contributed by atoms with Crippen molar-refractivity contribution < 1.29 is 14.3 Å². The number of carboxylic acid groups (broad SMARTS) is 1. The van der Waals surface area contributed by atoms with Crippen LogP contribution in [-0.4, -0.2) is 16.1 Å². The first-order valence-electron chi connectivity index (χ1n) is 6.38. The number of aromatic nitrogens is 1. The third-order valence-corrected chi connectivity index (χ3v) is 3.50. The summed E-state index contributed by atoms with van der Waals surface area (Å²) in [6, 6.07) is 5.75. The number of benzene rings is 1. The largest absolute Gasteiger partial charge is 0.475 e. The number of nitrogens with zero attached hydrogens (tertiary/aromatic N) is 1. The van der Waals surface area contributed by atoms with Crippen molar-refractivity contribution >= 4 is 21.9 Å². The Kier molecular flexibility index (Phi) is 4.28. The number of aryl methyl sites for hydroxylation is 1. The zero-order chi connectivity index (χ0) is 14.9. The highest BCUT2D eigenvalue weighted by Gasteiger charge is 2.21. The maximum absolute atomic E-state index is 11.2. The number of rotatable bonds is 4. The van der Waals surface area contributed by atoms with Gasteiger partial charge in [-0.25, -0.2) is 9.78 Å². The smallest absolute Gasteiger partial charge is 0.373 e. The molecule has 1 aromatic carbocycles. The molecule has 0 saturated heterocycles. The van der Waals surface area contributed by atoms with Crippen LogP contribution in [0.1, 0.15) is 35.7 Å². The summed E-state index contributed by atoms with van der Waals surface area (Å²) >= 11 is 3.46. The van der Waals surface area contributed by atoms with Crippen molar-refractivity contribution in [1.82, 2.24) is 4.98 Å². The molecule has 4 nitrogen and oxygen atoms in total. The van der Waals surface area contributed by atoms with Gasteiger partial charge in [0.05, 0.1) is 11.3 Å². The van der Waals surface area contributed by atoms with Crippen LogP contribution in [0.5, 0.6) is 0 Å². The number of aromatic carboxylic acids is 1. The van der Waals surface area contributed by atoms with Gasteiger partial charge in [-0.3, -0.25) is 0 Å². The molecular formula is C15H16BrNO3. The zero-order valence-electron chi connectivity index (χ0n) is 11.6. The summed E-state index contributed by atoms with van der Waals surface area (Å²) in [5.74, 6) is -0.499. The highest BCUT2D eigenvalue weighted by atomic mass is 79.9. The molecule has 2 rings (SSSR count). The molecule has 106 valence electrons. The standard InChI is InChI=1S/C15H16BrNO3/c1-8(2)6-12-13(15(18)19)20-14(17-12)10-5-4-9(3)7-11(10)16/h4-5,7-8H,6H2,1-3H3,(H,18,19). The third-order valence-electron chi connectivity index (χ3n) is 2.85. The van der Waals surface area contributed by atoms with Crippen molar-refractivity contribution in [3.63, 3.8) is 0 Å². The Hall–Kier alpha value is -1.62. The van der Waals surface area contributed by atoms with Crippen molar-refractivity contribution in [2.24, 2.45) is 5.92 Å². The van der Waals surface area contributed by atoms with Crippen molar-refractivity contribution in [1.29, 1.82) is 0 Å². The van der Waals surface area contributed by atoms with Crippen LogP contribution >= 0.6 is 15.9 Å². The quantitative estimate of drug-likeness (QED) is 0.902. The van der Waals surface area contributed by atoms with E-state index in [9.17, 15) is 9.90 Å². The Labute approximate surface area is 126 Å². The van der Waals surface area contributed by atoms with E-state index in [4.69, 9.17) is 4.42 Å². The second-order valence-electron chi connectivity index (χ2n) is 5.18. The maximum Gasteiger partial charge on any atom is 0.373 e. The predicted molar refractivity (Wildman–Crippen MR) is 79.9 cm³/mol. The van der Waals surface area contributed by atoms with Crippen molar-refractivity contribution in [2.75, 3.05) is 0 Å². The Morgan fingerprint density at radius 3 is 2.70 bits per heavy atom. The molecule has 0 fully saturated rings. The van der Waals surface area contributed by atoms with Crippen LogP contribution in [0.2, 0.25) is 0 Å². The molecule has 5 heteroatoms. The fraction of sp³-hybridized carbons (Fsp3) is 0.333. The molecule has 1 heterocycles. The minimum Gasteiger partial charge on any atom is -0.475 e. The average Bonchev–Trinajstić information content (AvgIpc) is 2.71. The Morgan fingerprint density at radius 1 is 1.45 bits per heavy atom. The van der Waals surface area contributed by atoms with Crippen molar-refractivity contribution in [3.8, 4) is 11.5 Å². The average molecular weight is 338 g/mol. The monoisotopic (exact) mass is 337 g/mol. The zero-order valence-corrected chi connectivity index (χ0v) is 13.2. The number of hydrogen-bond donors (Lipinski definition) is 1. The van der Waals surface area contributed by atoms with Gasteiger partial charge >= 0.3 is 5.97 Å². The van der Waals surface area contributed by atoms with E-state index in [2.05, 4.69) is 20.9 Å². The summed E-state index contributed by atoms with van der Waals surface area (Å²) in [6.45, 7) is 6.01. The lowest BCUT2D eigenvalue weighted by molar-refractivity contribution is 0.0661. The van der Waals surface area contributed by atoms with Gasteiger partial charge in [-0.15, -0.1) is 0 Å². The van der Waals surface area contributed by atoms with E-state index in [0.717, 1.165) is 15.6 Å². The maximum atomic E-state index is 11.2. The van der Waals surface area contributed by atoms with Gasteiger partial charge in [-0.1, -0.05) is 19.9 Å². The van der Waals surface area contributed by atoms with Crippen LogP contribution in [0.3, 0.4) is 0 Å². The summed E-state index contributed by atoms with van der Waals surface area (Å²) < 4.78 is 6.28. The molecule has 20 heavy (non-hydrogen) atoms. The van der Waals surface area contributed by atoms with Crippen LogP contribution in [0.25, 0.3) is 11.5 Å². The first kappa shape index (κ1) is 14.8. The lowest BCUT2D eigenvalue weighted by Crippen LogP contribution is -2.03. The van der Waals surface area contributed by atoms with Gasteiger partial charge in [0.15, 0.2) is 0 Å². The highest BCUT2D eigenvalue weighted by molar-refractivity contribution is 9.10. The number of hydrogen-bond acceptors (Lipinski definition) is 3. The summed E-state index contributed by atoms with van der Waals surface area (Å²) in [4.78, 5) is 15.6. The summed E-state index contributed by atoms with van der Waals surface area (Å²) in [5.41, 5.74) is 2.36. The first-order chi connectivity index (χ1) is 9.38. The molecular weight excluding hydrogens is 322 g/mol. The van der Waals surface area contributed by atoms with Crippen LogP contribution in [0.15, 0.2) is 27.1 Å². The fourth-order valence-electron chi connectivity index (χ4n) is 1.95. The number of carboxylic acids is 1. The van der Waals surface area contributed by atoms with Gasteiger partial charge < -0.3 is 9.52 Å². The Morgan fingerprint density at radius 2 is 2.15 bits per heavy atom. The first-order valence-corrected chi connectivity index (χ1v) is 7.17. The van der Waals surface area contributed by atoms with E-state index in [-0.39, 0.29) is 5.76 Å². The summed E-state index contributed by atoms with van der Waals surface area (Å²) in [6.07, 6.45) is 0.578. The van der Waals surface area contributed by atoms with Gasteiger partial charge in [-0.2, -0.15) is 0 Å². The van der Waals surface area contributed by atoms with Crippen LogP contribution in [0.4, 0.5) is 0 Å². The SMILES string of the molecule is Cc1ccc(-c2nc(CC(C)C)c(C(=O)O)o2)c(Br)c1. The van der Waals surface area contributed by atoms with Gasteiger partial charge in [-0.05, 0) is 52.9 Å². The highest BCUT2D eigenvalue weighted by Crippen LogP contribution is 2.30. The molecule has 1 aromatic heterocycles. The molecule has 0 unspecified atom stereocenters. The van der Waals surface area contributed by atoms with E-state index in [0.29, 0.717) is 23.9 Å². The van der Waals surface area contributed by atoms with Crippen LogP contribution < -0.4 is 0 Å². The molecule has 2 aromatic rings. The number of carbonyl (C=O) groups is 1. The molecule has 0 aliphatic carbocycles. The number of halogens is 1. The van der Waals surface area contributed by atoms with E-state index in [1.165, 1.54) is 0 Å². The lowest BCUT2D eigenvalue weighted by Gasteiger charge is -2.01. The third kappa shape index (κ3) is 3.10. The van der Waals surface area contributed by atoms with Crippen molar-refractivity contribution in [2.45, 2.75) is 27.2 Å². The van der Waals surface area contributed by atoms with Gasteiger partial charge in [0.1, 0.15) is 0 Å². The molecule has 0 bridgehead atoms. The topological polar surface area (TPSA) is 63.3 Å². The van der Waals surface area contributed by atoms with E-state index in [1.807, 2.05) is 39.0 Å². The molecule has 0 saturated carbocycles. The Bertz CT molecular complexity index is 647. The normalized spacial score (nSPS) is 11.1. The van der Waals surface area contributed by atoms with Crippen molar-refractivity contribution in [3.05, 3.63) is 39.7 Å². The molecule has 0 atom stereocenters. The van der Waals surface area contributed by atoms with E-state index in [1.54, 1.807) is 0 Å². The molecule has 1 N–H and O–H groups in total. The molecule has 0 aliphatic rings. The number of oxazole rings is 1. The molecule has 0 aliphatic heterocycles. The van der Waals surface area contributed by atoms with Gasteiger partial charge in [0.25, 0.3) is 0 Å². The predicted octanol–water partition coefficient (Wildman–Crippen LogP) is 4.31. The second kappa shape index (κ2) is 5.79. The minimum atomic E-state index is -1.08. The van der Waals surface area contributed by atoms with Gasteiger partial charge in [0.2, 0.25) is 11.7 Å². The van der Waals surface area contributed by atoms with Crippen LogP contribution in [-0.2, 0) is 6.42 Å². The second-order valence-corrected chi connectivity index (χ2v) is 6.04.